The van der Waals surface area contributed by atoms with E-state index in [1.54, 1.807) is 0 Å². The molecule has 84 valence electrons. The molecule has 1 aromatic heterocycles. The first-order chi connectivity index (χ1) is 7.22. The zero-order valence-corrected chi connectivity index (χ0v) is 7.65. The Morgan fingerprint density at radius 2 is 2.27 bits per heavy atom. The Balaban J connectivity index is 1.99. The van der Waals surface area contributed by atoms with Crippen LogP contribution in [0.3, 0.4) is 0 Å². The van der Waals surface area contributed by atoms with Crippen LogP contribution in [0, 0.1) is 0 Å². The number of hydrogen-bond acceptors (Lipinski definition) is 7. The summed E-state index contributed by atoms with van der Waals surface area (Å²) < 4.78 is 10.1. The topological polar surface area (TPSA) is 121 Å². The van der Waals surface area contributed by atoms with Gasteiger partial charge in [-0.05, 0) is 0 Å². The maximum Gasteiger partial charge on any atom is 0.255 e. The van der Waals surface area contributed by atoms with Crippen molar-refractivity contribution in [2.24, 2.45) is 0 Å². The van der Waals surface area contributed by atoms with E-state index in [0.717, 1.165) is 0 Å². The third-order valence-electron chi connectivity index (χ3n) is 2.13. The smallest absolute Gasteiger partial charge is 0.255 e. The van der Waals surface area contributed by atoms with Gasteiger partial charge in [-0.15, -0.1) is 5.10 Å². The van der Waals surface area contributed by atoms with Gasteiger partial charge in [0.1, 0.15) is 24.5 Å². The number of ether oxygens (including phenoxy) is 2. The van der Waals surface area contributed by atoms with E-state index in [-0.39, 0.29) is 5.88 Å². The monoisotopic (exact) mass is 217 g/mol. The van der Waals surface area contributed by atoms with Crippen molar-refractivity contribution in [3.8, 4) is 5.88 Å². The fourth-order valence-corrected chi connectivity index (χ4v) is 1.33. The van der Waals surface area contributed by atoms with E-state index < -0.39 is 31.2 Å². The van der Waals surface area contributed by atoms with Crippen LogP contribution in [0.15, 0.2) is 6.20 Å². The molecule has 0 amide bonds. The molecule has 8 nitrogen and oxygen atoms in total. The molecule has 0 aromatic carbocycles. The van der Waals surface area contributed by atoms with Crippen LogP contribution < -0.4 is 4.74 Å². The minimum atomic E-state index is -1.22. The molecule has 1 aromatic rings. The summed E-state index contributed by atoms with van der Waals surface area (Å²) in [5.74, 6) is 0.143. The molecule has 1 aliphatic rings. The highest BCUT2D eigenvalue weighted by molar-refractivity contribution is 5.00. The first-order valence-corrected chi connectivity index (χ1v) is 4.37. The minimum Gasteiger partial charge on any atom is -0.443 e. The first-order valence-electron chi connectivity index (χ1n) is 4.37. The van der Waals surface area contributed by atoms with Gasteiger partial charge in [-0.3, -0.25) is 0 Å². The molecule has 0 spiro atoms. The summed E-state index contributed by atoms with van der Waals surface area (Å²) in [7, 11) is 0. The van der Waals surface area contributed by atoms with Crippen molar-refractivity contribution >= 4 is 0 Å². The highest BCUT2D eigenvalue weighted by Crippen LogP contribution is 2.22. The molecule has 1 unspecified atom stereocenters. The largest absolute Gasteiger partial charge is 0.443 e. The van der Waals surface area contributed by atoms with Gasteiger partial charge in [-0.2, -0.15) is 10.3 Å². The summed E-state index contributed by atoms with van der Waals surface area (Å²) in [5, 5.41) is 37.1. The number of nitrogens with one attached hydrogen (secondary N) is 1. The molecule has 0 saturated carbocycles. The van der Waals surface area contributed by atoms with Crippen LogP contribution >= 0.6 is 0 Å². The summed E-state index contributed by atoms with van der Waals surface area (Å²) in [6.45, 7) is -0.392. The van der Waals surface area contributed by atoms with Gasteiger partial charge in [0.25, 0.3) is 5.88 Å². The number of aromatic amines is 1. The van der Waals surface area contributed by atoms with Crippen LogP contribution in [0.2, 0.25) is 0 Å². The van der Waals surface area contributed by atoms with Crippen LogP contribution in [-0.2, 0) is 4.74 Å². The molecule has 2 rings (SSSR count). The van der Waals surface area contributed by atoms with Crippen molar-refractivity contribution in [1.29, 1.82) is 0 Å². The number of rotatable bonds is 3. The second kappa shape index (κ2) is 4.11. The third-order valence-corrected chi connectivity index (χ3v) is 2.13. The Labute approximate surface area is 84.4 Å². The number of nitrogens with zero attached hydrogens (tertiary/aromatic N) is 2. The van der Waals surface area contributed by atoms with E-state index >= 15 is 0 Å². The first kappa shape index (κ1) is 10.3. The van der Waals surface area contributed by atoms with Gasteiger partial charge in [0, 0.05) is 0 Å². The highest BCUT2D eigenvalue weighted by atomic mass is 16.7. The molecule has 15 heavy (non-hydrogen) atoms. The Morgan fingerprint density at radius 3 is 2.80 bits per heavy atom. The Kier molecular flexibility index (Phi) is 2.82. The van der Waals surface area contributed by atoms with E-state index in [1.807, 2.05) is 0 Å². The lowest BCUT2D eigenvalue weighted by molar-refractivity contribution is -0.118. The number of aliphatic hydroxyl groups is 3. The van der Waals surface area contributed by atoms with E-state index in [4.69, 9.17) is 14.6 Å². The number of aromatic nitrogens is 3. The lowest BCUT2D eigenvalue weighted by Crippen LogP contribution is -2.35. The Hall–Kier alpha value is -1.22. The molecule has 1 saturated heterocycles. The predicted molar refractivity (Wildman–Crippen MR) is 44.8 cm³/mol. The van der Waals surface area contributed by atoms with Gasteiger partial charge < -0.3 is 24.8 Å². The summed E-state index contributed by atoms with van der Waals surface area (Å²) in [6.07, 6.45) is -3.00. The van der Waals surface area contributed by atoms with Crippen LogP contribution in [0.5, 0.6) is 5.88 Å². The Morgan fingerprint density at radius 1 is 1.47 bits per heavy atom. The van der Waals surface area contributed by atoms with Gasteiger partial charge in [0.2, 0.25) is 6.29 Å². The second-order valence-corrected chi connectivity index (χ2v) is 3.13. The molecule has 8 heteroatoms. The zero-order chi connectivity index (χ0) is 10.8. The highest BCUT2D eigenvalue weighted by Gasteiger charge is 2.44. The molecule has 0 radical (unpaired) electrons. The molecule has 2 heterocycles. The average Bonchev–Trinajstić information content (AvgIpc) is 2.82. The van der Waals surface area contributed by atoms with Crippen molar-refractivity contribution in [2.75, 3.05) is 6.61 Å². The van der Waals surface area contributed by atoms with Crippen LogP contribution in [0.1, 0.15) is 0 Å². The molecule has 1 fully saturated rings. The number of aliphatic hydroxyl groups excluding tert-OH is 3. The quantitative estimate of drug-likeness (QED) is 0.446. The van der Waals surface area contributed by atoms with Gasteiger partial charge in [0.15, 0.2) is 0 Å². The summed E-state index contributed by atoms with van der Waals surface area (Å²) in [6, 6.07) is 0. The molecular formula is C7H11N3O5. The van der Waals surface area contributed by atoms with Crippen molar-refractivity contribution in [2.45, 2.75) is 24.6 Å². The fraction of sp³-hybridized carbons (Fsp3) is 0.714. The lowest BCUT2D eigenvalue weighted by atomic mass is 10.1. The van der Waals surface area contributed by atoms with Gasteiger partial charge in [0.05, 0.1) is 6.61 Å². The van der Waals surface area contributed by atoms with Gasteiger partial charge >= 0.3 is 0 Å². The van der Waals surface area contributed by atoms with E-state index in [9.17, 15) is 10.2 Å². The number of H-pyrrole nitrogens is 1. The van der Waals surface area contributed by atoms with Crippen molar-refractivity contribution in [3.63, 3.8) is 0 Å². The maximum absolute atomic E-state index is 9.49. The van der Waals surface area contributed by atoms with E-state index in [2.05, 4.69) is 15.4 Å². The van der Waals surface area contributed by atoms with Crippen LogP contribution in [-0.4, -0.2) is 61.9 Å². The van der Waals surface area contributed by atoms with E-state index in [1.165, 1.54) is 6.20 Å². The molecule has 0 bridgehead atoms. The summed E-state index contributed by atoms with van der Waals surface area (Å²) in [4.78, 5) is 0. The predicted octanol–water partition coefficient (Wildman–Crippen LogP) is -2.38. The van der Waals surface area contributed by atoms with Gasteiger partial charge in [-0.1, -0.05) is 0 Å². The fourth-order valence-electron chi connectivity index (χ4n) is 1.33. The minimum absolute atomic E-state index is 0.143. The molecular weight excluding hydrogens is 206 g/mol. The van der Waals surface area contributed by atoms with Crippen LogP contribution in [0.25, 0.3) is 0 Å². The Bertz CT molecular complexity index is 306. The van der Waals surface area contributed by atoms with E-state index in [0.29, 0.717) is 0 Å². The average molecular weight is 217 g/mol. The normalized spacial score (nSPS) is 35.7. The molecule has 4 N–H and O–H groups in total. The van der Waals surface area contributed by atoms with Crippen molar-refractivity contribution in [1.82, 2.24) is 15.4 Å². The van der Waals surface area contributed by atoms with Crippen LogP contribution in [0.4, 0.5) is 0 Å². The third kappa shape index (κ3) is 1.92. The summed E-state index contributed by atoms with van der Waals surface area (Å²) >= 11 is 0. The van der Waals surface area contributed by atoms with Crippen molar-refractivity contribution < 1.29 is 24.8 Å². The SMILES string of the molecule is OC[C@H]1OC(Oc2cn[nH]n2)[C@H](O)[C@H]1O. The number of hydrogen-bond donors (Lipinski definition) is 4. The van der Waals surface area contributed by atoms with Gasteiger partial charge in [-0.25, -0.2) is 0 Å². The second-order valence-electron chi connectivity index (χ2n) is 3.13. The maximum atomic E-state index is 9.49. The lowest BCUT2D eigenvalue weighted by Gasteiger charge is -2.13. The molecule has 0 aliphatic carbocycles. The van der Waals surface area contributed by atoms with Crippen molar-refractivity contribution in [3.05, 3.63) is 6.20 Å². The zero-order valence-electron chi connectivity index (χ0n) is 7.65. The molecule has 1 aliphatic heterocycles. The standard InChI is InChI=1S/C7H11N3O5/c11-2-3-5(12)6(13)7(14-3)15-4-1-8-10-9-4/h1,3,5-7,11-13H,2H2,(H,8,9,10)/t3-,5+,6-,7?/m1/s1. The summed E-state index contributed by atoms with van der Waals surface area (Å²) in [5.41, 5.74) is 0. The molecule has 4 atom stereocenters.